The molecule has 0 spiro atoms. The van der Waals surface area contributed by atoms with Gasteiger partial charge in [-0.2, -0.15) is 5.26 Å². The fourth-order valence-corrected chi connectivity index (χ4v) is 3.79. The van der Waals surface area contributed by atoms with Crippen LogP contribution in [-0.4, -0.2) is 59.8 Å². The third kappa shape index (κ3) is 5.54. The first-order valence-corrected chi connectivity index (χ1v) is 11.0. The van der Waals surface area contributed by atoms with Crippen molar-refractivity contribution in [1.82, 2.24) is 15.3 Å². The molecular formula is C25H24N6O4. The minimum atomic E-state index is -1.01. The quantitative estimate of drug-likeness (QED) is 0.443. The predicted molar refractivity (Wildman–Crippen MR) is 130 cm³/mol. The topological polar surface area (TPSA) is 140 Å². The van der Waals surface area contributed by atoms with E-state index in [0.717, 1.165) is 11.1 Å². The summed E-state index contributed by atoms with van der Waals surface area (Å²) in [5, 5.41) is 24.0. The first-order chi connectivity index (χ1) is 17.0. The number of aryl methyl sites for hydroxylation is 1. The molecule has 2 heterocycles. The number of aromatic carboxylic acids is 1. The number of rotatable bonds is 7. The number of nitriles is 1. The van der Waals surface area contributed by atoms with E-state index in [1.54, 1.807) is 48.7 Å². The SMILES string of the molecule is Cc1cnc(Nc2ccc(N3CCOCC3)c(C(=O)O)c2)nc1-c1ccc(C(=O)NCC#N)cc1. The standard InChI is InChI=1S/C25H24N6O4/c1-16-15-28-25(30-22(16)17-2-4-18(5-3-17)23(32)27-9-8-26)29-19-6-7-21(20(14-19)24(33)34)31-10-12-35-13-11-31/h2-7,14-15H,9-13H2,1H3,(H,27,32)(H,33,34)(H,28,29,30). The van der Waals surface area contributed by atoms with Crippen molar-refractivity contribution in [2.24, 2.45) is 0 Å². The van der Waals surface area contributed by atoms with Gasteiger partial charge in [0.2, 0.25) is 5.95 Å². The van der Waals surface area contributed by atoms with E-state index in [1.165, 1.54) is 0 Å². The average Bonchev–Trinajstić information content (AvgIpc) is 2.89. The van der Waals surface area contributed by atoms with Crippen molar-refractivity contribution in [1.29, 1.82) is 5.26 Å². The van der Waals surface area contributed by atoms with Crippen molar-refractivity contribution < 1.29 is 19.4 Å². The molecule has 1 aromatic heterocycles. The molecule has 10 nitrogen and oxygen atoms in total. The van der Waals surface area contributed by atoms with Gasteiger partial charge in [0, 0.05) is 36.1 Å². The zero-order chi connectivity index (χ0) is 24.8. The van der Waals surface area contributed by atoms with Crippen LogP contribution in [0.3, 0.4) is 0 Å². The Morgan fingerprint density at radius 1 is 1.17 bits per heavy atom. The molecule has 0 aliphatic carbocycles. The molecule has 178 valence electrons. The Kier molecular flexibility index (Phi) is 7.18. The summed E-state index contributed by atoms with van der Waals surface area (Å²) in [6, 6.07) is 13.9. The van der Waals surface area contributed by atoms with E-state index >= 15 is 0 Å². The second-order valence-corrected chi connectivity index (χ2v) is 7.90. The number of nitrogens with zero attached hydrogens (tertiary/aromatic N) is 4. The van der Waals surface area contributed by atoms with E-state index in [0.29, 0.717) is 54.9 Å². The van der Waals surface area contributed by atoms with Gasteiger partial charge in [0.15, 0.2) is 0 Å². The van der Waals surface area contributed by atoms with Gasteiger partial charge in [-0.1, -0.05) is 12.1 Å². The Hall–Kier alpha value is -4.49. The third-order valence-electron chi connectivity index (χ3n) is 5.56. The zero-order valence-electron chi connectivity index (χ0n) is 19.1. The second-order valence-electron chi connectivity index (χ2n) is 7.90. The molecule has 1 amide bonds. The van der Waals surface area contributed by atoms with Crippen LogP contribution in [0.1, 0.15) is 26.3 Å². The average molecular weight is 473 g/mol. The normalized spacial score (nSPS) is 13.1. The number of ether oxygens (including phenoxy) is 1. The van der Waals surface area contributed by atoms with Crippen molar-refractivity contribution in [2.45, 2.75) is 6.92 Å². The maximum absolute atomic E-state index is 12.0. The van der Waals surface area contributed by atoms with Gasteiger partial charge in [-0.15, -0.1) is 0 Å². The van der Waals surface area contributed by atoms with Crippen LogP contribution in [0, 0.1) is 18.3 Å². The summed E-state index contributed by atoms with van der Waals surface area (Å²) < 4.78 is 5.37. The molecule has 3 aromatic rings. The molecule has 0 bridgehead atoms. The molecule has 0 atom stereocenters. The summed E-state index contributed by atoms with van der Waals surface area (Å²) >= 11 is 0. The predicted octanol–water partition coefficient (Wildman–Crippen LogP) is 2.98. The lowest BCUT2D eigenvalue weighted by Crippen LogP contribution is -2.37. The molecule has 1 aliphatic heterocycles. The van der Waals surface area contributed by atoms with Gasteiger partial charge in [-0.25, -0.2) is 14.8 Å². The summed E-state index contributed by atoms with van der Waals surface area (Å²) in [4.78, 5) is 34.9. The summed E-state index contributed by atoms with van der Waals surface area (Å²) in [7, 11) is 0. The highest BCUT2D eigenvalue weighted by molar-refractivity contribution is 5.96. The molecule has 3 N–H and O–H groups in total. The van der Waals surface area contributed by atoms with E-state index in [9.17, 15) is 14.7 Å². The summed E-state index contributed by atoms with van der Waals surface area (Å²) in [6.07, 6.45) is 1.68. The van der Waals surface area contributed by atoms with Crippen LogP contribution in [0.5, 0.6) is 0 Å². The Morgan fingerprint density at radius 3 is 2.60 bits per heavy atom. The Labute approximate surface area is 202 Å². The van der Waals surface area contributed by atoms with Crippen LogP contribution in [0.15, 0.2) is 48.7 Å². The highest BCUT2D eigenvalue weighted by atomic mass is 16.5. The third-order valence-corrected chi connectivity index (χ3v) is 5.56. The highest BCUT2D eigenvalue weighted by Gasteiger charge is 2.19. The maximum Gasteiger partial charge on any atom is 0.337 e. The molecule has 4 rings (SSSR count). The fraction of sp³-hybridized carbons (Fsp3) is 0.240. The second kappa shape index (κ2) is 10.6. The summed E-state index contributed by atoms with van der Waals surface area (Å²) in [6.45, 7) is 4.21. The maximum atomic E-state index is 12.0. The summed E-state index contributed by atoms with van der Waals surface area (Å²) in [5.41, 5.74) is 4.14. The first kappa shape index (κ1) is 23.7. The van der Waals surface area contributed by atoms with Gasteiger partial charge < -0.3 is 25.4 Å². The minimum Gasteiger partial charge on any atom is -0.478 e. The summed E-state index contributed by atoms with van der Waals surface area (Å²) in [5.74, 6) is -1.02. The molecule has 1 aliphatic rings. The first-order valence-electron chi connectivity index (χ1n) is 11.0. The minimum absolute atomic E-state index is 0.0579. The number of carboxylic acid groups (broad SMARTS) is 1. The monoisotopic (exact) mass is 472 g/mol. The van der Waals surface area contributed by atoms with Gasteiger partial charge in [0.25, 0.3) is 5.91 Å². The number of morpholine rings is 1. The number of hydrogen-bond acceptors (Lipinski definition) is 8. The van der Waals surface area contributed by atoms with Crippen LogP contribution in [0.25, 0.3) is 11.3 Å². The van der Waals surface area contributed by atoms with Crippen LogP contribution >= 0.6 is 0 Å². The van der Waals surface area contributed by atoms with Gasteiger partial charge >= 0.3 is 5.97 Å². The van der Waals surface area contributed by atoms with E-state index in [1.807, 2.05) is 17.9 Å². The molecule has 0 unspecified atom stereocenters. The Balaban J connectivity index is 1.56. The molecule has 1 fully saturated rings. The molecule has 0 saturated carbocycles. The van der Waals surface area contributed by atoms with Gasteiger partial charge in [-0.3, -0.25) is 4.79 Å². The zero-order valence-corrected chi connectivity index (χ0v) is 19.1. The van der Waals surface area contributed by atoms with Crippen LogP contribution in [0.2, 0.25) is 0 Å². The van der Waals surface area contributed by atoms with E-state index in [4.69, 9.17) is 10.00 Å². The number of carbonyl (C=O) groups is 2. The van der Waals surface area contributed by atoms with Crippen molar-refractivity contribution in [3.63, 3.8) is 0 Å². The number of carbonyl (C=O) groups excluding carboxylic acids is 1. The molecule has 2 aromatic carbocycles. The fourth-order valence-electron chi connectivity index (χ4n) is 3.79. The van der Waals surface area contributed by atoms with Crippen molar-refractivity contribution in [3.8, 4) is 17.3 Å². The van der Waals surface area contributed by atoms with Crippen LogP contribution < -0.4 is 15.5 Å². The molecular weight excluding hydrogens is 448 g/mol. The molecule has 10 heteroatoms. The largest absolute Gasteiger partial charge is 0.478 e. The highest BCUT2D eigenvalue weighted by Crippen LogP contribution is 2.28. The Morgan fingerprint density at radius 2 is 1.91 bits per heavy atom. The van der Waals surface area contributed by atoms with Gasteiger partial charge in [0.05, 0.1) is 36.2 Å². The number of benzene rings is 2. The molecule has 1 saturated heterocycles. The number of carboxylic acids is 1. The van der Waals surface area contributed by atoms with Crippen molar-refractivity contribution in [2.75, 3.05) is 43.1 Å². The number of amides is 1. The van der Waals surface area contributed by atoms with Crippen LogP contribution in [0.4, 0.5) is 17.3 Å². The lowest BCUT2D eigenvalue weighted by Gasteiger charge is -2.30. The van der Waals surface area contributed by atoms with E-state index in [2.05, 4.69) is 20.6 Å². The smallest absolute Gasteiger partial charge is 0.337 e. The number of aromatic nitrogens is 2. The number of anilines is 3. The lowest BCUT2D eigenvalue weighted by molar-refractivity contribution is 0.0696. The van der Waals surface area contributed by atoms with Crippen molar-refractivity contribution in [3.05, 3.63) is 65.4 Å². The van der Waals surface area contributed by atoms with Gasteiger partial charge in [0.1, 0.15) is 6.54 Å². The lowest BCUT2D eigenvalue weighted by atomic mass is 10.1. The van der Waals surface area contributed by atoms with E-state index in [-0.39, 0.29) is 18.0 Å². The number of hydrogen-bond donors (Lipinski definition) is 3. The molecule has 35 heavy (non-hydrogen) atoms. The molecule has 0 radical (unpaired) electrons. The van der Waals surface area contributed by atoms with Crippen molar-refractivity contribution >= 4 is 29.2 Å². The Bertz CT molecular complexity index is 1280. The van der Waals surface area contributed by atoms with Gasteiger partial charge in [-0.05, 0) is 42.8 Å². The van der Waals surface area contributed by atoms with Crippen LogP contribution in [-0.2, 0) is 4.74 Å². The number of nitrogens with one attached hydrogen (secondary N) is 2. The van der Waals surface area contributed by atoms with E-state index < -0.39 is 5.97 Å².